The largest absolute Gasteiger partial charge is 0.432 e. The van der Waals surface area contributed by atoms with Crippen molar-refractivity contribution in [2.75, 3.05) is 5.32 Å². The summed E-state index contributed by atoms with van der Waals surface area (Å²) in [7, 11) is 0. The van der Waals surface area contributed by atoms with Gasteiger partial charge in [-0.3, -0.25) is 0 Å². The van der Waals surface area contributed by atoms with Crippen LogP contribution in [0.3, 0.4) is 0 Å². The van der Waals surface area contributed by atoms with Gasteiger partial charge in [-0.2, -0.15) is 8.78 Å². The number of carbonyl (C=O) groups is 1. The van der Waals surface area contributed by atoms with Gasteiger partial charge in [0.1, 0.15) is 0 Å². The standard InChI is InChI=1S/C16H14BrF3N2O2/c1-9(11-4-2-3-5-12(11)17)21-16(23)22-10-6-7-14(13(18)8-10)24-15(19)20/h2-9,15H,1H3,(H2,21,22,23). The summed E-state index contributed by atoms with van der Waals surface area (Å²) in [6.45, 7) is -1.33. The van der Waals surface area contributed by atoms with E-state index in [1.54, 1.807) is 6.92 Å². The van der Waals surface area contributed by atoms with Crippen LogP contribution in [0.2, 0.25) is 0 Å². The number of amides is 2. The first-order valence-electron chi connectivity index (χ1n) is 6.93. The molecule has 2 rings (SSSR count). The fourth-order valence-electron chi connectivity index (χ4n) is 2.04. The van der Waals surface area contributed by atoms with E-state index in [1.165, 1.54) is 6.07 Å². The molecule has 24 heavy (non-hydrogen) atoms. The zero-order valence-corrected chi connectivity index (χ0v) is 14.1. The van der Waals surface area contributed by atoms with E-state index in [1.807, 2.05) is 24.3 Å². The van der Waals surface area contributed by atoms with Crippen LogP contribution in [0.25, 0.3) is 0 Å². The van der Waals surface area contributed by atoms with Crippen molar-refractivity contribution in [3.05, 3.63) is 58.3 Å². The Bertz CT molecular complexity index is 728. The van der Waals surface area contributed by atoms with Gasteiger partial charge in [-0.15, -0.1) is 0 Å². The van der Waals surface area contributed by atoms with Crippen molar-refractivity contribution >= 4 is 27.6 Å². The molecule has 2 N–H and O–H groups in total. The lowest BCUT2D eigenvalue weighted by atomic mass is 10.1. The van der Waals surface area contributed by atoms with E-state index in [0.717, 1.165) is 22.2 Å². The molecule has 4 nitrogen and oxygen atoms in total. The maximum atomic E-state index is 13.6. The number of alkyl halides is 2. The van der Waals surface area contributed by atoms with Crippen molar-refractivity contribution in [1.29, 1.82) is 0 Å². The van der Waals surface area contributed by atoms with Crippen LogP contribution in [-0.4, -0.2) is 12.6 Å². The summed E-state index contributed by atoms with van der Waals surface area (Å²) in [6, 6.07) is 9.73. The SMILES string of the molecule is CC(NC(=O)Nc1ccc(OC(F)F)c(F)c1)c1ccccc1Br. The quantitative estimate of drug-likeness (QED) is 0.733. The van der Waals surface area contributed by atoms with E-state index in [4.69, 9.17) is 0 Å². The molecule has 1 unspecified atom stereocenters. The third-order valence-corrected chi connectivity index (χ3v) is 3.85. The summed E-state index contributed by atoms with van der Waals surface area (Å²) in [5.41, 5.74) is 0.991. The van der Waals surface area contributed by atoms with Crippen LogP contribution < -0.4 is 15.4 Å². The molecular weight excluding hydrogens is 389 g/mol. The number of nitrogens with one attached hydrogen (secondary N) is 2. The summed E-state index contributed by atoms with van der Waals surface area (Å²) < 4.78 is 42.6. The number of urea groups is 1. The Morgan fingerprint density at radius 2 is 1.92 bits per heavy atom. The van der Waals surface area contributed by atoms with E-state index in [-0.39, 0.29) is 11.7 Å². The van der Waals surface area contributed by atoms with Gasteiger partial charge in [0, 0.05) is 16.2 Å². The molecule has 0 saturated heterocycles. The van der Waals surface area contributed by atoms with E-state index < -0.39 is 24.2 Å². The molecule has 0 spiro atoms. The molecule has 0 aliphatic rings. The predicted molar refractivity (Wildman–Crippen MR) is 87.7 cm³/mol. The lowest BCUT2D eigenvalue weighted by Crippen LogP contribution is -2.31. The molecule has 1 atom stereocenters. The molecular formula is C16H14BrF3N2O2. The van der Waals surface area contributed by atoms with Crippen molar-refractivity contribution in [3.63, 3.8) is 0 Å². The number of rotatable bonds is 5. The van der Waals surface area contributed by atoms with Crippen molar-refractivity contribution in [1.82, 2.24) is 5.32 Å². The zero-order chi connectivity index (χ0) is 17.7. The second-order valence-electron chi connectivity index (χ2n) is 4.87. The normalized spacial score (nSPS) is 11.9. The molecule has 0 radical (unpaired) electrons. The topological polar surface area (TPSA) is 50.4 Å². The lowest BCUT2D eigenvalue weighted by Gasteiger charge is -2.16. The third kappa shape index (κ3) is 4.89. The molecule has 128 valence electrons. The van der Waals surface area contributed by atoms with Gasteiger partial charge < -0.3 is 15.4 Å². The molecule has 0 bridgehead atoms. The minimum Gasteiger partial charge on any atom is -0.432 e. The van der Waals surface area contributed by atoms with Gasteiger partial charge in [-0.1, -0.05) is 34.1 Å². The minimum absolute atomic E-state index is 0.117. The summed E-state index contributed by atoms with van der Waals surface area (Å²) in [6.07, 6.45) is 0. The van der Waals surface area contributed by atoms with Gasteiger partial charge >= 0.3 is 12.6 Å². The highest BCUT2D eigenvalue weighted by atomic mass is 79.9. The van der Waals surface area contributed by atoms with Crippen molar-refractivity contribution in [2.45, 2.75) is 19.6 Å². The van der Waals surface area contributed by atoms with Gasteiger partial charge in [0.15, 0.2) is 11.6 Å². The fourth-order valence-corrected chi connectivity index (χ4v) is 2.67. The van der Waals surface area contributed by atoms with Crippen LogP contribution in [0.5, 0.6) is 5.75 Å². The maximum absolute atomic E-state index is 13.6. The Balaban J connectivity index is 1.99. The number of halogens is 4. The van der Waals surface area contributed by atoms with Crippen LogP contribution in [0.4, 0.5) is 23.7 Å². The number of anilines is 1. The van der Waals surface area contributed by atoms with Crippen molar-refractivity contribution in [3.8, 4) is 5.75 Å². The average molecular weight is 403 g/mol. The van der Waals surface area contributed by atoms with Crippen LogP contribution in [0, 0.1) is 5.82 Å². The van der Waals surface area contributed by atoms with Gasteiger partial charge in [0.2, 0.25) is 0 Å². The third-order valence-electron chi connectivity index (χ3n) is 3.13. The second kappa shape index (κ2) is 8.05. The number of ether oxygens (including phenoxy) is 1. The molecule has 0 fully saturated rings. The molecule has 2 amide bonds. The Morgan fingerprint density at radius 1 is 1.21 bits per heavy atom. The summed E-state index contributed by atoms with van der Waals surface area (Å²) in [5, 5.41) is 5.13. The lowest BCUT2D eigenvalue weighted by molar-refractivity contribution is -0.0521. The summed E-state index contributed by atoms with van der Waals surface area (Å²) in [5.74, 6) is -1.58. The van der Waals surface area contributed by atoms with Crippen molar-refractivity contribution < 1.29 is 22.7 Å². The van der Waals surface area contributed by atoms with Crippen molar-refractivity contribution in [2.24, 2.45) is 0 Å². The molecule has 0 saturated carbocycles. The highest BCUT2D eigenvalue weighted by Crippen LogP contribution is 2.24. The number of hydrogen-bond donors (Lipinski definition) is 2. The van der Waals surface area contributed by atoms with Gasteiger partial charge in [-0.25, -0.2) is 9.18 Å². The first-order chi connectivity index (χ1) is 11.4. The molecule has 0 heterocycles. The molecule has 2 aromatic rings. The minimum atomic E-state index is -3.12. The van der Waals surface area contributed by atoms with Gasteiger partial charge in [-0.05, 0) is 30.7 Å². The number of hydrogen-bond acceptors (Lipinski definition) is 2. The number of carbonyl (C=O) groups excluding carboxylic acids is 1. The average Bonchev–Trinajstić information content (AvgIpc) is 2.50. The Hall–Kier alpha value is -2.22. The van der Waals surface area contributed by atoms with Crippen LogP contribution in [-0.2, 0) is 0 Å². The van der Waals surface area contributed by atoms with E-state index in [9.17, 15) is 18.0 Å². The highest BCUT2D eigenvalue weighted by Gasteiger charge is 2.14. The molecule has 0 aromatic heterocycles. The summed E-state index contributed by atoms with van der Waals surface area (Å²) >= 11 is 3.39. The summed E-state index contributed by atoms with van der Waals surface area (Å²) in [4.78, 5) is 12.0. The Labute approximate surface area is 145 Å². The van der Waals surface area contributed by atoms with Crippen LogP contribution in [0.1, 0.15) is 18.5 Å². The highest BCUT2D eigenvalue weighted by molar-refractivity contribution is 9.10. The van der Waals surface area contributed by atoms with Gasteiger partial charge in [0.25, 0.3) is 0 Å². The molecule has 0 aliphatic heterocycles. The molecule has 2 aromatic carbocycles. The Kier molecular flexibility index (Phi) is 6.08. The molecule has 8 heteroatoms. The first kappa shape index (κ1) is 18.1. The van der Waals surface area contributed by atoms with Crippen LogP contribution >= 0.6 is 15.9 Å². The second-order valence-corrected chi connectivity index (χ2v) is 5.72. The Morgan fingerprint density at radius 3 is 2.54 bits per heavy atom. The zero-order valence-electron chi connectivity index (χ0n) is 12.5. The van der Waals surface area contributed by atoms with E-state index in [2.05, 4.69) is 31.3 Å². The predicted octanol–water partition coefficient (Wildman–Crippen LogP) is 5.07. The first-order valence-corrected chi connectivity index (χ1v) is 7.72. The maximum Gasteiger partial charge on any atom is 0.387 e. The van der Waals surface area contributed by atoms with E-state index >= 15 is 0 Å². The van der Waals surface area contributed by atoms with E-state index in [0.29, 0.717) is 0 Å². The van der Waals surface area contributed by atoms with Crippen LogP contribution in [0.15, 0.2) is 46.9 Å². The number of benzene rings is 2. The smallest absolute Gasteiger partial charge is 0.387 e. The van der Waals surface area contributed by atoms with Gasteiger partial charge in [0.05, 0.1) is 6.04 Å². The monoisotopic (exact) mass is 402 g/mol. The fraction of sp³-hybridized carbons (Fsp3) is 0.188. The molecule has 0 aliphatic carbocycles.